The fourth-order valence-electron chi connectivity index (χ4n) is 2.44. The van der Waals surface area contributed by atoms with Crippen LogP contribution < -0.4 is 5.32 Å². The molecule has 0 aromatic heterocycles. The number of hydrogen-bond acceptors (Lipinski definition) is 2. The molecule has 2 N–H and O–H groups in total. The van der Waals surface area contributed by atoms with Gasteiger partial charge in [0.15, 0.2) is 0 Å². The van der Waals surface area contributed by atoms with Crippen molar-refractivity contribution in [3.05, 3.63) is 0 Å². The molecule has 1 rings (SSSR count). The van der Waals surface area contributed by atoms with Gasteiger partial charge in [0, 0.05) is 12.6 Å². The topological polar surface area (TPSA) is 69.6 Å². The molecule has 2 atom stereocenters. The van der Waals surface area contributed by atoms with Crippen molar-refractivity contribution in [1.82, 2.24) is 10.2 Å². The smallest absolute Gasteiger partial charge is 0.326 e. The first-order valence-electron chi connectivity index (χ1n) is 6.90. The van der Waals surface area contributed by atoms with Crippen LogP contribution in [0.15, 0.2) is 0 Å². The van der Waals surface area contributed by atoms with E-state index in [-0.39, 0.29) is 12.1 Å². The molecule has 0 bridgehead atoms. The fourth-order valence-corrected chi connectivity index (χ4v) is 2.44. The summed E-state index contributed by atoms with van der Waals surface area (Å²) in [4.78, 5) is 24.9. The SMILES string of the molecule is CCC(NC(=O)N1CCCCCC1CC)C(=O)O. The first kappa shape index (κ1) is 14.8. The highest BCUT2D eigenvalue weighted by molar-refractivity contribution is 5.82. The van der Waals surface area contributed by atoms with E-state index in [0.717, 1.165) is 38.6 Å². The zero-order valence-corrected chi connectivity index (χ0v) is 11.3. The van der Waals surface area contributed by atoms with Crippen molar-refractivity contribution < 1.29 is 14.7 Å². The molecule has 0 aromatic rings. The highest BCUT2D eigenvalue weighted by Crippen LogP contribution is 2.19. The van der Waals surface area contributed by atoms with Crippen molar-refractivity contribution in [2.24, 2.45) is 0 Å². The number of likely N-dealkylation sites (tertiary alicyclic amines) is 1. The molecule has 2 unspecified atom stereocenters. The molecule has 0 radical (unpaired) electrons. The molecule has 104 valence electrons. The maximum atomic E-state index is 12.1. The van der Waals surface area contributed by atoms with Crippen molar-refractivity contribution in [1.29, 1.82) is 0 Å². The third-order valence-electron chi connectivity index (χ3n) is 3.61. The number of nitrogens with zero attached hydrogens (tertiary/aromatic N) is 1. The molecule has 1 heterocycles. The lowest BCUT2D eigenvalue weighted by molar-refractivity contribution is -0.139. The summed E-state index contributed by atoms with van der Waals surface area (Å²) in [5, 5.41) is 11.6. The summed E-state index contributed by atoms with van der Waals surface area (Å²) < 4.78 is 0. The Morgan fingerprint density at radius 3 is 2.61 bits per heavy atom. The normalized spacial score (nSPS) is 22.1. The number of amides is 2. The van der Waals surface area contributed by atoms with Crippen LogP contribution in [0, 0.1) is 0 Å². The number of rotatable bonds is 4. The van der Waals surface area contributed by atoms with Crippen LogP contribution in [-0.2, 0) is 4.79 Å². The van der Waals surface area contributed by atoms with E-state index in [4.69, 9.17) is 5.11 Å². The molecule has 0 aliphatic carbocycles. The summed E-state index contributed by atoms with van der Waals surface area (Å²) in [7, 11) is 0. The first-order valence-corrected chi connectivity index (χ1v) is 6.90. The van der Waals surface area contributed by atoms with Gasteiger partial charge in [-0.05, 0) is 25.7 Å². The minimum absolute atomic E-state index is 0.224. The summed E-state index contributed by atoms with van der Waals surface area (Å²) in [5.41, 5.74) is 0. The molecule has 0 saturated carbocycles. The predicted octanol–water partition coefficient (Wildman–Crippen LogP) is 2.21. The quantitative estimate of drug-likeness (QED) is 0.810. The molecule has 18 heavy (non-hydrogen) atoms. The summed E-state index contributed by atoms with van der Waals surface area (Å²) in [6, 6.07) is -0.755. The molecule has 1 saturated heterocycles. The second-order valence-corrected chi connectivity index (χ2v) is 4.85. The van der Waals surface area contributed by atoms with E-state index in [0.29, 0.717) is 6.42 Å². The highest BCUT2D eigenvalue weighted by Gasteiger charge is 2.27. The second kappa shape index (κ2) is 7.24. The van der Waals surface area contributed by atoms with Crippen LogP contribution in [0.1, 0.15) is 52.4 Å². The van der Waals surface area contributed by atoms with Gasteiger partial charge in [-0.3, -0.25) is 0 Å². The average Bonchev–Trinajstić information content (AvgIpc) is 2.60. The largest absolute Gasteiger partial charge is 0.480 e. The number of aliphatic carboxylic acids is 1. The standard InChI is InChI=1S/C13H24N2O3/c1-3-10-8-6-5-7-9-15(10)13(18)14-11(4-2)12(16)17/h10-11H,3-9H2,1-2H3,(H,14,18)(H,16,17). The molecular weight excluding hydrogens is 232 g/mol. The van der Waals surface area contributed by atoms with E-state index in [2.05, 4.69) is 12.2 Å². The molecule has 2 amide bonds. The van der Waals surface area contributed by atoms with Gasteiger partial charge in [0.1, 0.15) is 6.04 Å². The van der Waals surface area contributed by atoms with Crippen molar-refractivity contribution >= 4 is 12.0 Å². The minimum Gasteiger partial charge on any atom is -0.480 e. The van der Waals surface area contributed by atoms with Crippen LogP contribution in [0.3, 0.4) is 0 Å². The van der Waals surface area contributed by atoms with Crippen LogP contribution in [0.5, 0.6) is 0 Å². The van der Waals surface area contributed by atoms with Gasteiger partial charge in [-0.25, -0.2) is 9.59 Å². The third-order valence-corrected chi connectivity index (χ3v) is 3.61. The lowest BCUT2D eigenvalue weighted by Crippen LogP contribution is -2.51. The van der Waals surface area contributed by atoms with Gasteiger partial charge >= 0.3 is 12.0 Å². The first-order chi connectivity index (χ1) is 8.60. The van der Waals surface area contributed by atoms with Crippen molar-refractivity contribution in [2.75, 3.05) is 6.54 Å². The molecule has 0 aromatic carbocycles. The zero-order valence-electron chi connectivity index (χ0n) is 11.3. The minimum atomic E-state index is -0.964. The Labute approximate surface area is 109 Å². The molecule has 1 aliphatic heterocycles. The Hall–Kier alpha value is -1.26. The van der Waals surface area contributed by atoms with Gasteiger partial charge in [0.2, 0.25) is 0 Å². The van der Waals surface area contributed by atoms with E-state index < -0.39 is 12.0 Å². The zero-order chi connectivity index (χ0) is 13.5. The van der Waals surface area contributed by atoms with Crippen molar-refractivity contribution in [3.8, 4) is 0 Å². The fraction of sp³-hybridized carbons (Fsp3) is 0.846. The number of hydrogen-bond donors (Lipinski definition) is 2. The Kier molecular flexibility index (Phi) is 5.95. The molecule has 1 fully saturated rings. The van der Waals surface area contributed by atoms with Crippen LogP contribution in [0.4, 0.5) is 4.79 Å². The molecule has 5 heteroatoms. The molecule has 5 nitrogen and oxygen atoms in total. The summed E-state index contributed by atoms with van der Waals surface area (Å²) in [5.74, 6) is -0.964. The summed E-state index contributed by atoms with van der Waals surface area (Å²) in [6.45, 7) is 4.57. The monoisotopic (exact) mass is 256 g/mol. The Morgan fingerprint density at radius 2 is 2.06 bits per heavy atom. The maximum absolute atomic E-state index is 12.1. The van der Waals surface area contributed by atoms with E-state index in [9.17, 15) is 9.59 Å². The van der Waals surface area contributed by atoms with Crippen molar-refractivity contribution in [2.45, 2.75) is 64.5 Å². The number of carboxylic acid groups (broad SMARTS) is 1. The second-order valence-electron chi connectivity index (χ2n) is 4.85. The van der Waals surface area contributed by atoms with Crippen LogP contribution >= 0.6 is 0 Å². The van der Waals surface area contributed by atoms with Crippen LogP contribution in [0.25, 0.3) is 0 Å². The highest BCUT2D eigenvalue weighted by atomic mass is 16.4. The lowest BCUT2D eigenvalue weighted by atomic mass is 10.1. The van der Waals surface area contributed by atoms with Gasteiger partial charge in [-0.15, -0.1) is 0 Å². The molecular formula is C13H24N2O3. The molecule has 1 aliphatic rings. The maximum Gasteiger partial charge on any atom is 0.326 e. The lowest BCUT2D eigenvalue weighted by Gasteiger charge is -2.30. The average molecular weight is 256 g/mol. The van der Waals surface area contributed by atoms with Gasteiger partial charge < -0.3 is 15.3 Å². The van der Waals surface area contributed by atoms with Gasteiger partial charge in [0.25, 0.3) is 0 Å². The van der Waals surface area contributed by atoms with Crippen LogP contribution in [0.2, 0.25) is 0 Å². The van der Waals surface area contributed by atoms with Gasteiger partial charge in [-0.2, -0.15) is 0 Å². The number of carbonyl (C=O) groups is 2. The Balaban J connectivity index is 2.64. The summed E-state index contributed by atoms with van der Waals surface area (Å²) in [6.07, 6.45) is 5.67. The summed E-state index contributed by atoms with van der Waals surface area (Å²) >= 11 is 0. The Bertz CT molecular complexity index is 294. The number of carboxylic acids is 1. The van der Waals surface area contributed by atoms with Gasteiger partial charge in [-0.1, -0.05) is 26.7 Å². The van der Waals surface area contributed by atoms with E-state index >= 15 is 0 Å². The third kappa shape index (κ3) is 3.89. The number of carbonyl (C=O) groups excluding carboxylic acids is 1. The Morgan fingerprint density at radius 1 is 1.33 bits per heavy atom. The number of nitrogens with one attached hydrogen (secondary N) is 1. The molecule has 0 spiro atoms. The van der Waals surface area contributed by atoms with Crippen molar-refractivity contribution in [3.63, 3.8) is 0 Å². The van der Waals surface area contributed by atoms with Gasteiger partial charge in [0.05, 0.1) is 0 Å². The predicted molar refractivity (Wildman–Crippen MR) is 69.5 cm³/mol. The van der Waals surface area contributed by atoms with Crippen LogP contribution in [-0.4, -0.2) is 40.6 Å². The van der Waals surface area contributed by atoms with E-state index in [1.165, 1.54) is 0 Å². The van der Waals surface area contributed by atoms with E-state index in [1.54, 1.807) is 6.92 Å². The number of urea groups is 1. The van der Waals surface area contributed by atoms with E-state index in [1.807, 2.05) is 4.90 Å².